The minimum absolute atomic E-state index is 0.284. The van der Waals surface area contributed by atoms with Crippen LogP contribution in [-0.4, -0.2) is 38.7 Å². The zero-order valence-corrected chi connectivity index (χ0v) is 16.9. The van der Waals surface area contributed by atoms with Crippen molar-refractivity contribution in [2.75, 3.05) is 5.32 Å². The maximum atomic E-state index is 12.7. The van der Waals surface area contributed by atoms with E-state index in [-0.39, 0.29) is 6.03 Å². The van der Waals surface area contributed by atoms with E-state index in [9.17, 15) is 4.79 Å². The number of imidazole rings is 1. The van der Waals surface area contributed by atoms with Crippen LogP contribution in [0.3, 0.4) is 0 Å². The van der Waals surface area contributed by atoms with Crippen molar-refractivity contribution in [2.24, 2.45) is 9.98 Å². The van der Waals surface area contributed by atoms with Crippen molar-refractivity contribution in [3.8, 4) is 0 Å². The molecule has 2 amide bonds. The summed E-state index contributed by atoms with van der Waals surface area (Å²) in [5.41, 5.74) is 5.89. The molecule has 5 rings (SSSR count). The lowest BCUT2D eigenvalue weighted by atomic mass is 10.1. The molecule has 2 aliphatic heterocycles. The number of benzene rings is 2. The molecule has 2 aromatic carbocycles. The highest BCUT2D eigenvalue weighted by Crippen LogP contribution is 2.28. The highest BCUT2D eigenvalue weighted by molar-refractivity contribution is 6.17. The fourth-order valence-corrected chi connectivity index (χ4v) is 3.75. The predicted octanol–water partition coefficient (Wildman–Crippen LogP) is 3.75. The van der Waals surface area contributed by atoms with Crippen LogP contribution in [-0.2, 0) is 13.1 Å². The third-order valence-electron chi connectivity index (χ3n) is 5.45. The van der Waals surface area contributed by atoms with Crippen LogP contribution in [0.25, 0.3) is 0 Å². The summed E-state index contributed by atoms with van der Waals surface area (Å²) in [6.45, 7) is 5.24. The van der Waals surface area contributed by atoms with Gasteiger partial charge >= 0.3 is 6.03 Å². The molecular weight excluding hydrogens is 376 g/mol. The number of carbonyl (C=O) groups excluding carboxylic acids is 1. The van der Waals surface area contributed by atoms with Gasteiger partial charge in [-0.05, 0) is 25.0 Å². The number of hydrogen-bond acceptors (Lipinski definition) is 4. The number of amides is 2. The van der Waals surface area contributed by atoms with Crippen LogP contribution in [0, 0.1) is 13.8 Å². The third kappa shape index (κ3) is 3.28. The van der Waals surface area contributed by atoms with E-state index in [1.807, 2.05) is 35.8 Å². The summed E-state index contributed by atoms with van der Waals surface area (Å²) >= 11 is 0. The molecule has 7 heteroatoms. The summed E-state index contributed by atoms with van der Waals surface area (Å²) in [6.07, 6.45) is 2.94. The smallest absolute Gasteiger partial charge is 0.331 e. The number of anilines is 1. The van der Waals surface area contributed by atoms with Crippen LogP contribution in [0.1, 0.15) is 27.9 Å². The molecule has 0 spiro atoms. The first kappa shape index (κ1) is 18.3. The maximum absolute atomic E-state index is 12.7. The molecule has 30 heavy (non-hydrogen) atoms. The molecule has 2 aliphatic rings. The van der Waals surface area contributed by atoms with Gasteiger partial charge in [0.25, 0.3) is 0 Å². The molecule has 0 radical (unpaired) electrons. The van der Waals surface area contributed by atoms with Crippen molar-refractivity contribution in [3.05, 3.63) is 82.8 Å². The van der Waals surface area contributed by atoms with Gasteiger partial charge in [-0.1, -0.05) is 59.7 Å². The number of aromatic nitrogens is 2. The molecule has 150 valence electrons. The van der Waals surface area contributed by atoms with Gasteiger partial charge in [0.05, 0.1) is 19.2 Å². The molecule has 0 fully saturated rings. The number of hydrogen-bond donors (Lipinski definition) is 1. The molecule has 1 atom stereocenters. The van der Waals surface area contributed by atoms with Gasteiger partial charge in [-0.25, -0.2) is 14.8 Å². The average molecular weight is 398 g/mol. The van der Waals surface area contributed by atoms with Gasteiger partial charge in [-0.3, -0.25) is 4.90 Å². The van der Waals surface area contributed by atoms with Gasteiger partial charge < -0.3 is 9.88 Å². The van der Waals surface area contributed by atoms with Crippen LogP contribution < -0.4 is 5.32 Å². The first-order valence-corrected chi connectivity index (χ1v) is 9.92. The summed E-state index contributed by atoms with van der Waals surface area (Å²) in [7, 11) is 0. The van der Waals surface area contributed by atoms with Crippen molar-refractivity contribution in [1.82, 2.24) is 14.5 Å². The minimum Gasteiger partial charge on any atom is -0.331 e. The Hall–Kier alpha value is -3.74. The number of carbonyl (C=O) groups is 1. The molecule has 0 aliphatic carbocycles. The maximum Gasteiger partial charge on any atom is 0.346 e. The van der Waals surface area contributed by atoms with Gasteiger partial charge in [0.2, 0.25) is 0 Å². The van der Waals surface area contributed by atoms with E-state index in [1.54, 1.807) is 17.6 Å². The highest BCUT2D eigenvalue weighted by atomic mass is 16.2. The lowest BCUT2D eigenvalue weighted by Gasteiger charge is -2.21. The Bertz CT molecular complexity index is 1160. The van der Waals surface area contributed by atoms with E-state index in [0.29, 0.717) is 24.5 Å². The molecule has 3 aromatic rings. The van der Waals surface area contributed by atoms with Crippen molar-refractivity contribution in [2.45, 2.75) is 33.1 Å². The zero-order valence-electron chi connectivity index (χ0n) is 16.9. The molecule has 7 nitrogen and oxygen atoms in total. The summed E-state index contributed by atoms with van der Waals surface area (Å²) < 4.78 is 2.02. The fourth-order valence-electron chi connectivity index (χ4n) is 3.75. The van der Waals surface area contributed by atoms with E-state index in [1.165, 1.54) is 16.7 Å². The normalized spacial score (nSPS) is 17.3. The van der Waals surface area contributed by atoms with E-state index in [4.69, 9.17) is 0 Å². The predicted molar refractivity (Wildman–Crippen MR) is 117 cm³/mol. The molecule has 1 aromatic heterocycles. The largest absolute Gasteiger partial charge is 0.346 e. The van der Waals surface area contributed by atoms with Crippen LogP contribution in [0.15, 0.2) is 64.8 Å². The van der Waals surface area contributed by atoms with Crippen molar-refractivity contribution < 1.29 is 4.79 Å². The number of aryl methyl sites for hydroxylation is 2. The Balaban J connectivity index is 1.43. The lowest BCUT2D eigenvalue weighted by molar-refractivity contribution is 0.205. The topological polar surface area (TPSA) is 74.9 Å². The molecule has 0 bridgehead atoms. The van der Waals surface area contributed by atoms with Gasteiger partial charge in [-0.15, -0.1) is 0 Å². The van der Waals surface area contributed by atoms with Crippen molar-refractivity contribution in [1.29, 1.82) is 0 Å². The summed E-state index contributed by atoms with van der Waals surface area (Å²) in [5, 5.41) is 3.23. The number of aliphatic imine (C=N–C) groups is 2. The van der Waals surface area contributed by atoms with Gasteiger partial charge in [0.15, 0.2) is 6.17 Å². The minimum atomic E-state index is -0.477. The summed E-state index contributed by atoms with van der Waals surface area (Å²) in [5.74, 6) is 0.797. The Kier molecular flexibility index (Phi) is 4.43. The Morgan fingerprint density at radius 3 is 2.23 bits per heavy atom. The van der Waals surface area contributed by atoms with E-state index in [0.717, 1.165) is 11.4 Å². The van der Waals surface area contributed by atoms with Crippen molar-refractivity contribution in [3.63, 3.8) is 0 Å². The first-order chi connectivity index (χ1) is 14.6. The average Bonchev–Trinajstić information content (AvgIpc) is 3.21. The molecule has 1 N–H and O–H groups in total. The van der Waals surface area contributed by atoms with Crippen LogP contribution in [0.2, 0.25) is 0 Å². The number of urea groups is 1. The van der Waals surface area contributed by atoms with Crippen LogP contribution >= 0.6 is 0 Å². The van der Waals surface area contributed by atoms with Gasteiger partial charge in [0.1, 0.15) is 17.2 Å². The third-order valence-corrected chi connectivity index (χ3v) is 5.45. The number of nitrogens with zero attached hydrogens (tertiary/aromatic N) is 5. The molecule has 3 heterocycles. The van der Waals surface area contributed by atoms with Gasteiger partial charge in [-0.2, -0.15) is 4.99 Å². The second kappa shape index (κ2) is 7.26. The first-order valence-electron chi connectivity index (χ1n) is 9.92. The van der Waals surface area contributed by atoms with Crippen LogP contribution in [0.5, 0.6) is 0 Å². The molecule has 0 saturated carbocycles. The molecule has 1 unspecified atom stereocenters. The molecular formula is C23H22N6O. The number of rotatable bonds is 4. The Labute approximate surface area is 174 Å². The summed E-state index contributed by atoms with van der Waals surface area (Å²) in [6, 6.07) is 16.3. The van der Waals surface area contributed by atoms with E-state index >= 15 is 0 Å². The Morgan fingerprint density at radius 2 is 1.57 bits per heavy atom. The Morgan fingerprint density at radius 1 is 0.933 bits per heavy atom. The van der Waals surface area contributed by atoms with E-state index < -0.39 is 6.17 Å². The van der Waals surface area contributed by atoms with Crippen LogP contribution in [0.4, 0.5) is 10.6 Å². The second-order valence-electron chi connectivity index (χ2n) is 7.74. The number of fused-ring (bicyclic) bond motifs is 3. The quantitative estimate of drug-likeness (QED) is 0.727. The molecule has 0 saturated heterocycles. The SMILES string of the molecule is Cc1ccc(CN2C(=O)N=C3c4ncn(Cc5ccc(C)cc5)c4NC=NC32)cc1. The standard InChI is InChI=1S/C23H22N6O/c1-15-3-7-17(8-4-15)11-28-14-26-19-20-22(25-13-24-21(19)28)29(23(30)27-20)12-18-9-5-16(2)6-10-18/h3-10,13-14,22H,11-12H2,1-2H3,(H,24,25). The van der Waals surface area contributed by atoms with Gasteiger partial charge in [0, 0.05) is 6.54 Å². The van der Waals surface area contributed by atoms with Crippen molar-refractivity contribution >= 4 is 23.9 Å². The van der Waals surface area contributed by atoms with E-state index in [2.05, 4.69) is 51.5 Å². The highest BCUT2D eigenvalue weighted by Gasteiger charge is 2.38. The monoisotopic (exact) mass is 398 g/mol. The fraction of sp³-hybridized carbons (Fsp3) is 0.217. The zero-order chi connectivity index (χ0) is 20.7. The second-order valence-corrected chi connectivity index (χ2v) is 7.74. The summed E-state index contributed by atoms with van der Waals surface area (Å²) in [4.78, 5) is 27.8. The lowest BCUT2D eigenvalue weighted by Crippen LogP contribution is -2.35. The number of nitrogens with one attached hydrogen (secondary N) is 1.